The molecule has 0 unspecified atom stereocenters. The third-order valence-corrected chi connectivity index (χ3v) is 2.25. The Morgan fingerprint density at radius 1 is 1.45 bits per heavy atom. The summed E-state index contributed by atoms with van der Waals surface area (Å²) in [7, 11) is 0. The van der Waals surface area contributed by atoms with Crippen molar-refractivity contribution >= 4 is 21.7 Å². The van der Waals surface area contributed by atoms with E-state index in [1.165, 1.54) is 0 Å². The van der Waals surface area contributed by atoms with Crippen LogP contribution in [0.3, 0.4) is 0 Å². The minimum atomic E-state index is 0.542. The Hall–Kier alpha value is -1.00. The summed E-state index contributed by atoms with van der Waals surface area (Å²) in [6.45, 7) is 0.542. The molecule has 0 saturated carbocycles. The van der Waals surface area contributed by atoms with E-state index in [0.29, 0.717) is 6.54 Å². The molecule has 3 nitrogen and oxygen atoms in total. The van der Waals surface area contributed by atoms with Gasteiger partial charge >= 0.3 is 0 Å². The van der Waals surface area contributed by atoms with Crippen molar-refractivity contribution in [3.8, 4) is 0 Å². The Morgan fingerprint density at radius 3 is 3.18 bits per heavy atom. The molecule has 0 aliphatic rings. The second-order valence-electron chi connectivity index (χ2n) is 2.22. The summed E-state index contributed by atoms with van der Waals surface area (Å²) in [6.07, 6.45) is 1.77. The van der Waals surface area contributed by atoms with Crippen LogP contribution in [0.15, 0.2) is 17.8 Å². The predicted molar refractivity (Wildman–Crippen MR) is 45.3 cm³/mol. The van der Waals surface area contributed by atoms with Crippen molar-refractivity contribution in [1.82, 2.24) is 9.97 Å². The SMILES string of the molecule is NCc1cnc2ncsc2c1. The fourth-order valence-corrected chi connectivity index (χ4v) is 1.60. The van der Waals surface area contributed by atoms with Gasteiger partial charge in [-0.3, -0.25) is 0 Å². The minimum Gasteiger partial charge on any atom is -0.326 e. The molecule has 0 bridgehead atoms. The molecule has 0 saturated heterocycles. The summed E-state index contributed by atoms with van der Waals surface area (Å²) in [6, 6.07) is 2.03. The Morgan fingerprint density at radius 2 is 2.36 bits per heavy atom. The molecule has 0 fully saturated rings. The van der Waals surface area contributed by atoms with Crippen molar-refractivity contribution in [2.45, 2.75) is 6.54 Å². The van der Waals surface area contributed by atoms with Gasteiger partial charge < -0.3 is 5.73 Å². The van der Waals surface area contributed by atoms with Gasteiger partial charge in [-0.2, -0.15) is 0 Å². The average molecular weight is 165 g/mol. The molecular weight excluding hydrogens is 158 g/mol. The number of hydrogen-bond donors (Lipinski definition) is 1. The second-order valence-corrected chi connectivity index (χ2v) is 3.11. The highest BCUT2D eigenvalue weighted by Crippen LogP contribution is 2.15. The monoisotopic (exact) mass is 165 g/mol. The maximum absolute atomic E-state index is 5.45. The summed E-state index contributed by atoms with van der Waals surface area (Å²) in [5.74, 6) is 0. The first-order valence-corrected chi connectivity index (χ1v) is 4.16. The van der Waals surface area contributed by atoms with Crippen LogP contribution in [0.5, 0.6) is 0 Å². The molecular formula is C7H7N3S. The molecule has 0 aromatic carbocycles. The smallest absolute Gasteiger partial charge is 0.170 e. The molecule has 4 heteroatoms. The number of nitrogens with zero attached hydrogens (tertiary/aromatic N) is 2. The largest absolute Gasteiger partial charge is 0.326 e. The molecule has 2 aromatic rings. The number of thiazole rings is 1. The van der Waals surface area contributed by atoms with E-state index in [1.54, 1.807) is 23.0 Å². The lowest BCUT2D eigenvalue weighted by atomic mass is 10.3. The highest BCUT2D eigenvalue weighted by atomic mass is 32.1. The van der Waals surface area contributed by atoms with Gasteiger partial charge in [-0.1, -0.05) is 0 Å². The van der Waals surface area contributed by atoms with Gasteiger partial charge in [-0.25, -0.2) is 9.97 Å². The number of aromatic nitrogens is 2. The standard InChI is InChI=1S/C7H7N3S/c8-2-5-1-6-7(9-3-5)10-4-11-6/h1,3-4H,2,8H2. The zero-order chi connectivity index (χ0) is 7.68. The third kappa shape index (κ3) is 1.10. The van der Waals surface area contributed by atoms with Crippen LogP contribution < -0.4 is 5.73 Å². The van der Waals surface area contributed by atoms with Crippen molar-refractivity contribution in [2.75, 3.05) is 0 Å². The summed E-state index contributed by atoms with van der Waals surface area (Å²) >= 11 is 1.59. The Bertz CT molecular complexity index is 368. The second kappa shape index (κ2) is 2.56. The van der Waals surface area contributed by atoms with Crippen LogP contribution >= 0.6 is 11.3 Å². The van der Waals surface area contributed by atoms with Crippen molar-refractivity contribution < 1.29 is 0 Å². The van der Waals surface area contributed by atoms with Gasteiger partial charge in [-0.05, 0) is 11.6 Å². The summed E-state index contributed by atoms with van der Waals surface area (Å²) in [4.78, 5) is 8.19. The zero-order valence-corrected chi connectivity index (χ0v) is 6.64. The van der Waals surface area contributed by atoms with Crippen molar-refractivity contribution in [1.29, 1.82) is 0 Å². The van der Waals surface area contributed by atoms with Crippen molar-refractivity contribution in [3.05, 3.63) is 23.3 Å². The lowest BCUT2D eigenvalue weighted by Crippen LogP contribution is -1.96. The highest BCUT2D eigenvalue weighted by molar-refractivity contribution is 7.16. The van der Waals surface area contributed by atoms with Gasteiger partial charge in [0.1, 0.15) is 0 Å². The van der Waals surface area contributed by atoms with E-state index in [1.807, 2.05) is 6.07 Å². The molecule has 2 N–H and O–H groups in total. The molecule has 56 valence electrons. The van der Waals surface area contributed by atoms with Crippen molar-refractivity contribution in [2.24, 2.45) is 5.73 Å². The first kappa shape index (κ1) is 6.69. The number of nitrogens with two attached hydrogens (primary N) is 1. The van der Waals surface area contributed by atoms with Gasteiger partial charge in [0.2, 0.25) is 0 Å². The third-order valence-electron chi connectivity index (χ3n) is 1.48. The summed E-state index contributed by atoms with van der Waals surface area (Å²) < 4.78 is 1.10. The number of rotatable bonds is 1. The number of hydrogen-bond acceptors (Lipinski definition) is 4. The fourth-order valence-electron chi connectivity index (χ4n) is 0.906. The van der Waals surface area contributed by atoms with Gasteiger partial charge in [0.05, 0.1) is 10.2 Å². The van der Waals surface area contributed by atoms with Crippen LogP contribution in [0.1, 0.15) is 5.56 Å². The van der Waals surface area contributed by atoms with E-state index in [0.717, 1.165) is 15.9 Å². The first-order chi connectivity index (χ1) is 5.40. The lowest BCUT2D eigenvalue weighted by molar-refractivity contribution is 1.06. The zero-order valence-electron chi connectivity index (χ0n) is 5.82. The topological polar surface area (TPSA) is 51.8 Å². The van der Waals surface area contributed by atoms with Crippen LogP contribution in [0, 0.1) is 0 Å². The van der Waals surface area contributed by atoms with Crippen molar-refractivity contribution in [3.63, 3.8) is 0 Å². The molecule has 0 amide bonds. The Balaban J connectivity index is 2.67. The summed E-state index contributed by atoms with van der Waals surface area (Å²) in [5, 5.41) is 0. The average Bonchev–Trinajstić information content (AvgIpc) is 2.50. The predicted octanol–water partition coefficient (Wildman–Crippen LogP) is 1.15. The molecule has 0 atom stereocenters. The van der Waals surface area contributed by atoms with E-state index in [2.05, 4.69) is 9.97 Å². The van der Waals surface area contributed by atoms with E-state index in [4.69, 9.17) is 5.73 Å². The summed E-state index contributed by atoms with van der Waals surface area (Å²) in [5.41, 5.74) is 9.11. The molecule has 2 aromatic heterocycles. The van der Waals surface area contributed by atoms with Gasteiger partial charge in [0, 0.05) is 12.7 Å². The number of pyridine rings is 1. The molecule has 2 rings (SSSR count). The van der Waals surface area contributed by atoms with Gasteiger partial charge in [0.25, 0.3) is 0 Å². The van der Waals surface area contributed by atoms with E-state index < -0.39 is 0 Å². The Labute approximate surface area is 67.9 Å². The minimum absolute atomic E-state index is 0.542. The maximum atomic E-state index is 5.45. The fraction of sp³-hybridized carbons (Fsp3) is 0.143. The van der Waals surface area contributed by atoms with Crippen LogP contribution in [-0.4, -0.2) is 9.97 Å². The van der Waals surface area contributed by atoms with Crippen LogP contribution in [0.25, 0.3) is 10.3 Å². The number of fused-ring (bicyclic) bond motifs is 1. The quantitative estimate of drug-likeness (QED) is 0.689. The van der Waals surface area contributed by atoms with E-state index in [-0.39, 0.29) is 0 Å². The van der Waals surface area contributed by atoms with Crippen LogP contribution in [-0.2, 0) is 6.54 Å². The molecule has 0 aliphatic carbocycles. The van der Waals surface area contributed by atoms with E-state index in [9.17, 15) is 0 Å². The van der Waals surface area contributed by atoms with Gasteiger partial charge in [0.15, 0.2) is 5.65 Å². The molecule has 0 spiro atoms. The van der Waals surface area contributed by atoms with E-state index >= 15 is 0 Å². The highest BCUT2D eigenvalue weighted by Gasteiger charge is 1.97. The Kier molecular flexibility index (Phi) is 1.56. The normalized spacial score (nSPS) is 10.6. The molecule has 2 heterocycles. The van der Waals surface area contributed by atoms with Crippen LogP contribution in [0.2, 0.25) is 0 Å². The van der Waals surface area contributed by atoms with Gasteiger partial charge in [-0.15, -0.1) is 11.3 Å². The molecule has 0 radical (unpaired) electrons. The molecule has 11 heavy (non-hydrogen) atoms. The maximum Gasteiger partial charge on any atom is 0.170 e. The first-order valence-electron chi connectivity index (χ1n) is 3.28. The van der Waals surface area contributed by atoms with Crippen LogP contribution in [0.4, 0.5) is 0 Å². The molecule has 0 aliphatic heterocycles. The lowest BCUT2D eigenvalue weighted by Gasteiger charge is -1.92.